The number of sulfonamides is 1. The Kier molecular flexibility index (Phi) is 6.50. The Balaban J connectivity index is 1.66. The fraction of sp³-hybridized carbons (Fsp3) is 0.474. The van der Waals surface area contributed by atoms with Crippen LogP contribution in [0.1, 0.15) is 24.8 Å². The maximum atomic E-state index is 13.0. The molecule has 0 bridgehead atoms. The van der Waals surface area contributed by atoms with Crippen molar-refractivity contribution in [1.29, 1.82) is 0 Å². The second kappa shape index (κ2) is 8.73. The third kappa shape index (κ3) is 4.73. The topological polar surface area (TPSA) is 93.0 Å². The van der Waals surface area contributed by atoms with E-state index in [1.54, 1.807) is 49.9 Å². The summed E-state index contributed by atoms with van der Waals surface area (Å²) in [5.74, 6) is 0.633. The molecule has 0 radical (unpaired) electrons. The van der Waals surface area contributed by atoms with Crippen LogP contribution in [0.4, 0.5) is 0 Å². The summed E-state index contributed by atoms with van der Waals surface area (Å²) in [5.41, 5.74) is 0.338. The SMILES string of the molecule is Cc1noc(C)c1S(=O)(=O)N1CCCN(C(=O)[C@H](C)Oc2ccc(Cl)cc2)CC1. The number of aromatic nitrogens is 1. The zero-order chi connectivity index (χ0) is 21.2. The van der Waals surface area contributed by atoms with E-state index >= 15 is 0 Å². The average Bonchev–Trinajstić information content (AvgIpc) is 2.88. The Hall–Kier alpha value is -2.10. The van der Waals surface area contributed by atoms with E-state index in [4.69, 9.17) is 20.9 Å². The predicted molar refractivity (Wildman–Crippen MR) is 107 cm³/mol. The monoisotopic (exact) mass is 441 g/mol. The van der Waals surface area contributed by atoms with Gasteiger partial charge in [-0.15, -0.1) is 0 Å². The van der Waals surface area contributed by atoms with Crippen LogP contribution >= 0.6 is 11.6 Å². The molecule has 0 spiro atoms. The molecule has 0 aliphatic carbocycles. The zero-order valence-corrected chi connectivity index (χ0v) is 18.2. The summed E-state index contributed by atoms with van der Waals surface area (Å²) in [6, 6.07) is 6.79. The molecule has 10 heteroatoms. The van der Waals surface area contributed by atoms with Gasteiger partial charge in [0.2, 0.25) is 10.0 Å². The first kappa shape index (κ1) is 21.6. The molecule has 1 aromatic heterocycles. The third-order valence-corrected chi connectivity index (χ3v) is 7.20. The minimum absolute atomic E-state index is 0.108. The number of rotatable bonds is 5. The molecule has 158 valence electrons. The number of amides is 1. The molecule has 0 unspecified atom stereocenters. The van der Waals surface area contributed by atoms with E-state index in [0.29, 0.717) is 36.0 Å². The molecule has 1 fully saturated rings. The highest BCUT2D eigenvalue weighted by Crippen LogP contribution is 2.24. The van der Waals surface area contributed by atoms with Crippen LogP contribution in [-0.2, 0) is 14.8 Å². The molecule has 2 heterocycles. The van der Waals surface area contributed by atoms with Crippen molar-refractivity contribution in [3.63, 3.8) is 0 Å². The van der Waals surface area contributed by atoms with Gasteiger partial charge in [-0.1, -0.05) is 16.8 Å². The van der Waals surface area contributed by atoms with Crippen LogP contribution in [0.25, 0.3) is 0 Å². The number of halogens is 1. The largest absolute Gasteiger partial charge is 0.481 e. The summed E-state index contributed by atoms with van der Waals surface area (Å²) < 4.78 is 38.1. The molecule has 29 heavy (non-hydrogen) atoms. The summed E-state index contributed by atoms with van der Waals surface area (Å²) in [5, 5.41) is 4.33. The lowest BCUT2D eigenvalue weighted by Crippen LogP contribution is -2.43. The van der Waals surface area contributed by atoms with Gasteiger partial charge in [0.1, 0.15) is 16.3 Å². The summed E-state index contributed by atoms with van der Waals surface area (Å²) in [7, 11) is -3.73. The Morgan fingerprint density at radius 1 is 1.17 bits per heavy atom. The molecule has 0 N–H and O–H groups in total. The molecule has 1 aliphatic rings. The van der Waals surface area contributed by atoms with Crippen LogP contribution in [0.15, 0.2) is 33.7 Å². The van der Waals surface area contributed by atoms with E-state index < -0.39 is 16.1 Å². The first-order valence-corrected chi connectivity index (χ1v) is 11.2. The van der Waals surface area contributed by atoms with Gasteiger partial charge in [-0.2, -0.15) is 4.31 Å². The maximum absolute atomic E-state index is 13.0. The van der Waals surface area contributed by atoms with Crippen molar-refractivity contribution in [2.75, 3.05) is 26.2 Å². The van der Waals surface area contributed by atoms with E-state index in [0.717, 1.165) is 0 Å². The third-order valence-electron chi connectivity index (χ3n) is 4.81. The molecule has 0 saturated carbocycles. The fourth-order valence-electron chi connectivity index (χ4n) is 3.35. The van der Waals surface area contributed by atoms with Gasteiger partial charge >= 0.3 is 0 Å². The highest BCUT2D eigenvalue weighted by atomic mass is 35.5. The maximum Gasteiger partial charge on any atom is 0.263 e. The van der Waals surface area contributed by atoms with Crippen molar-refractivity contribution in [2.45, 2.75) is 38.2 Å². The highest BCUT2D eigenvalue weighted by molar-refractivity contribution is 7.89. The van der Waals surface area contributed by atoms with Crippen molar-refractivity contribution in [1.82, 2.24) is 14.4 Å². The average molecular weight is 442 g/mol. The van der Waals surface area contributed by atoms with Crippen molar-refractivity contribution >= 4 is 27.5 Å². The standard InChI is InChI=1S/C19H24ClN3O5S/c1-13-18(14(2)28-21-13)29(25,26)23-10-4-9-22(11-12-23)19(24)15(3)27-17-7-5-16(20)6-8-17/h5-8,15H,4,9-12H2,1-3H3/t15-/m0/s1. The Morgan fingerprint density at radius 3 is 2.48 bits per heavy atom. The zero-order valence-electron chi connectivity index (χ0n) is 16.6. The minimum atomic E-state index is -3.73. The number of hydrogen-bond acceptors (Lipinski definition) is 6. The quantitative estimate of drug-likeness (QED) is 0.708. The van der Waals surface area contributed by atoms with E-state index in [-0.39, 0.29) is 29.7 Å². The number of aryl methyl sites for hydroxylation is 2. The number of nitrogens with zero attached hydrogens (tertiary/aromatic N) is 3. The van der Waals surface area contributed by atoms with E-state index in [2.05, 4.69) is 5.16 Å². The lowest BCUT2D eigenvalue weighted by Gasteiger charge is -2.25. The summed E-state index contributed by atoms with van der Waals surface area (Å²) in [6.45, 7) is 6.13. The number of benzene rings is 1. The van der Waals surface area contributed by atoms with Crippen LogP contribution in [-0.4, -0.2) is 61.0 Å². The van der Waals surface area contributed by atoms with Crippen molar-refractivity contribution in [3.8, 4) is 5.75 Å². The van der Waals surface area contributed by atoms with Gasteiger partial charge in [-0.25, -0.2) is 8.42 Å². The van der Waals surface area contributed by atoms with Gasteiger partial charge in [0.05, 0.1) is 0 Å². The molecule has 1 aliphatic heterocycles. The second-order valence-electron chi connectivity index (χ2n) is 6.95. The van der Waals surface area contributed by atoms with E-state index in [1.165, 1.54) is 4.31 Å². The first-order chi connectivity index (χ1) is 13.7. The smallest absolute Gasteiger partial charge is 0.263 e. The van der Waals surface area contributed by atoms with Crippen LogP contribution in [0.5, 0.6) is 5.75 Å². The Labute approximate surface area is 175 Å². The van der Waals surface area contributed by atoms with Gasteiger partial charge in [0.15, 0.2) is 11.9 Å². The van der Waals surface area contributed by atoms with Crippen molar-refractivity contribution in [2.24, 2.45) is 0 Å². The second-order valence-corrected chi connectivity index (χ2v) is 9.26. The number of carbonyl (C=O) groups excluding carboxylic acids is 1. The van der Waals surface area contributed by atoms with Crippen LogP contribution < -0.4 is 4.74 Å². The molecule has 8 nitrogen and oxygen atoms in total. The summed E-state index contributed by atoms with van der Waals surface area (Å²) in [4.78, 5) is 14.5. The first-order valence-electron chi connectivity index (χ1n) is 9.34. The van der Waals surface area contributed by atoms with Crippen molar-refractivity contribution in [3.05, 3.63) is 40.7 Å². The Morgan fingerprint density at radius 2 is 1.86 bits per heavy atom. The molecule has 1 atom stereocenters. The number of carbonyl (C=O) groups is 1. The minimum Gasteiger partial charge on any atom is -0.481 e. The van der Waals surface area contributed by atoms with Crippen molar-refractivity contribution < 1.29 is 22.5 Å². The van der Waals surface area contributed by atoms with Gasteiger partial charge in [0.25, 0.3) is 5.91 Å². The van der Waals surface area contributed by atoms with Crippen LogP contribution in [0.3, 0.4) is 0 Å². The van der Waals surface area contributed by atoms with Crippen LogP contribution in [0.2, 0.25) is 5.02 Å². The van der Waals surface area contributed by atoms with E-state index in [9.17, 15) is 13.2 Å². The van der Waals surface area contributed by atoms with Crippen LogP contribution in [0, 0.1) is 13.8 Å². The number of ether oxygens (including phenoxy) is 1. The van der Waals surface area contributed by atoms with Gasteiger partial charge in [-0.05, 0) is 51.5 Å². The lowest BCUT2D eigenvalue weighted by atomic mass is 10.3. The highest BCUT2D eigenvalue weighted by Gasteiger charge is 2.33. The molecule has 1 saturated heterocycles. The number of hydrogen-bond donors (Lipinski definition) is 0. The van der Waals surface area contributed by atoms with Gasteiger partial charge in [-0.3, -0.25) is 4.79 Å². The molecular weight excluding hydrogens is 418 g/mol. The lowest BCUT2D eigenvalue weighted by molar-refractivity contribution is -0.137. The van der Waals surface area contributed by atoms with Gasteiger partial charge < -0.3 is 14.2 Å². The molecule has 3 rings (SSSR count). The molecular formula is C19H24ClN3O5S. The fourth-order valence-corrected chi connectivity index (χ4v) is 5.24. The van der Waals surface area contributed by atoms with E-state index in [1.807, 2.05) is 0 Å². The summed E-state index contributed by atoms with van der Waals surface area (Å²) >= 11 is 5.86. The molecule has 2 aromatic rings. The normalized spacial score (nSPS) is 17.0. The molecule has 1 amide bonds. The predicted octanol–water partition coefficient (Wildman–Crippen LogP) is 2.64. The summed E-state index contributed by atoms with van der Waals surface area (Å²) in [6.07, 6.45) is -0.163. The van der Waals surface area contributed by atoms with Gasteiger partial charge in [0, 0.05) is 31.2 Å². The Bertz CT molecular complexity index is 955. The molecule has 1 aromatic carbocycles.